The topological polar surface area (TPSA) is 55.5 Å². The molecule has 1 rings (SSSR count). The Morgan fingerprint density at radius 2 is 2.20 bits per heavy atom. The number of aryl methyl sites for hydroxylation is 1. The van der Waals surface area contributed by atoms with E-state index in [1.807, 2.05) is 12.1 Å². The van der Waals surface area contributed by atoms with Gasteiger partial charge in [-0.3, -0.25) is 0 Å². The molecule has 0 heterocycles. The molecule has 15 heavy (non-hydrogen) atoms. The Bertz CT molecular complexity index is 342. The van der Waals surface area contributed by atoms with Gasteiger partial charge in [-0.05, 0) is 34.0 Å². The third-order valence-electron chi connectivity index (χ3n) is 2.34. The smallest absolute Gasteiger partial charge is 0.137 e. The first-order valence-corrected chi connectivity index (χ1v) is 5.66. The number of aliphatic hydroxyl groups is 1. The number of benzene rings is 1. The molecule has 84 valence electrons. The van der Waals surface area contributed by atoms with Gasteiger partial charge in [0.25, 0.3) is 0 Å². The van der Waals surface area contributed by atoms with E-state index >= 15 is 0 Å². The summed E-state index contributed by atoms with van der Waals surface area (Å²) < 4.78 is 6.14. The van der Waals surface area contributed by atoms with Crippen molar-refractivity contribution < 1.29 is 9.84 Å². The van der Waals surface area contributed by atoms with Crippen LogP contribution in [0.25, 0.3) is 0 Å². The van der Waals surface area contributed by atoms with E-state index in [2.05, 4.69) is 22.9 Å². The lowest BCUT2D eigenvalue weighted by Crippen LogP contribution is -2.16. The number of hydrogen-bond acceptors (Lipinski definition) is 3. The van der Waals surface area contributed by atoms with Gasteiger partial charge in [-0.15, -0.1) is 0 Å². The predicted octanol–water partition coefficient (Wildman–Crippen LogP) is 2.01. The van der Waals surface area contributed by atoms with Gasteiger partial charge in [-0.25, -0.2) is 0 Å². The maximum atomic E-state index is 9.07. The number of ether oxygens (including phenoxy) is 1. The van der Waals surface area contributed by atoms with Crippen molar-refractivity contribution in [1.82, 2.24) is 0 Å². The maximum Gasteiger partial charge on any atom is 0.137 e. The fourth-order valence-electron chi connectivity index (χ4n) is 1.47. The van der Waals surface area contributed by atoms with Crippen molar-refractivity contribution in [2.75, 3.05) is 13.7 Å². The Kier molecular flexibility index (Phi) is 4.57. The summed E-state index contributed by atoms with van der Waals surface area (Å²) in [5.74, 6) is 0.703. The summed E-state index contributed by atoms with van der Waals surface area (Å²) in [5, 5.41) is 9.07. The van der Waals surface area contributed by atoms with Gasteiger partial charge < -0.3 is 15.6 Å². The zero-order chi connectivity index (χ0) is 11.4. The van der Waals surface area contributed by atoms with Crippen LogP contribution in [0.4, 0.5) is 0 Å². The van der Waals surface area contributed by atoms with Crippen molar-refractivity contribution in [1.29, 1.82) is 0 Å². The van der Waals surface area contributed by atoms with E-state index in [1.54, 1.807) is 7.11 Å². The number of hydrogen-bond donors (Lipinski definition) is 2. The highest BCUT2D eigenvalue weighted by Crippen LogP contribution is 2.33. The lowest BCUT2D eigenvalue weighted by molar-refractivity contribution is 0.264. The van der Waals surface area contributed by atoms with Gasteiger partial charge in [-0.2, -0.15) is 0 Å². The molecule has 3 N–H and O–H groups in total. The van der Waals surface area contributed by atoms with Gasteiger partial charge in [0.1, 0.15) is 5.75 Å². The molecule has 0 radical (unpaired) electrons. The molecule has 0 spiro atoms. The van der Waals surface area contributed by atoms with Crippen LogP contribution in [0, 0.1) is 0 Å². The lowest BCUT2D eigenvalue weighted by atomic mass is 10.0. The fraction of sp³-hybridized carbons (Fsp3) is 0.455. The van der Waals surface area contributed by atoms with Crippen molar-refractivity contribution in [2.24, 2.45) is 5.73 Å². The minimum Gasteiger partial charge on any atom is -0.495 e. The van der Waals surface area contributed by atoms with Crippen LogP contribution in [0.5, 0.6) is 5.75 Å². The molecule has 1 atom stereocenters. The molecule has 0 aliphatic carbocycles. The summed E-state index contributed by atoms with van der Waals surface area (Å²) in [6.07, 6.45) is 0.924. The van der Waals surface area contributed by atoms with E-state index in [4.69, 9.17) is 15.6 Å². The summed E-state index contributed by atoms with van der Waals surface area (Å²) >= 11 is 3.43. The van der Waals surface area contributed by atoms with Gasteiger partial charge in [-0.1, -0.05) is 13.0 Å². The van der Waals surface area contributed by atoms with Crippen molar-refractivity contribution in [3.8, 4) is 5.75 Å². The third kappa shape index (κ3) is 2.71. The standard InChI is InChI=1S/C11H16BrNO2/c1-3-7-4-8(10(13)6-14)11(15-2)9(12)5-7/h4-5,10,14H,3,6,13H2,1-2H3. The second kappa shape index (κ2) is 5.49. The summed E-state index contributed by atoms with van der Waals surface area (Å²) in [6, 6.07) is 3.58. The van der Waals surface area contributed by atoms with Crippen LogP contribution in [0.3, 0.4) is 0 Å². The Balaban J connectivity index is 3.25. The summed E-state index contributed by atoms with van der Waals surface area (Å²) in [5.41, 5.74) is 7.82. The number of halogens is 1. The first kappa shape index (κ1) is 12.5. The number of aliphatic hydroxyl groups excluding tert-OH is 1. The normalized spacial score (nSPS) is 12.6. The summed E-state index contributed by atoms with van der Waals surface area (Å²) in [6.45, 7) is 1.98. The Morgan fingerprint density at radius 3 is 2.67 bits per heavy atom. The highest BCUT2D eigenvalue weighted by atomic mass is 79.9. The molecule has 4 heteroatoms. The molecule has 0 fully saturated rings. The first-order valence-electron chi connectivity index (χ1n) is 4.86. The predicted molar refractivity (Wildman–Crippen MR) is 64.1 cm³/mol. The van der Waals surface area contributed by atoms with E-state index in [0.29, 0.717) is 5.75 Å². The monoisotopic (exact) mass is 273 g/mol. The molecule has 0 bridgehead atoms. The van der Waals surface area contributed by atoms with E-state index in [9.17, 15) is 0 Å². The molecule has 1 aromatic rings. The molecule has 0 saturated carbocycles. The van der Waals surface area contributed by atoms with Gasteiger partial charge in [0.15, 0.2) is 0 Å². The Morgan fingerprint density at radius 1 is 1.53 bits per heavy atom. The molecule has 0 amide bonds. The average Bonchev–Trinajstić information content (AvgIpc) is 2.26. The first-order chi connectivity index (χ1) is 7.13. The summed E-state index contributed by atoms with van der Waals surface area (Å²) in [7, 11) is 1.60. The number of methoxy groups -OCH3 is 1. The van der Waals surface area contributed by atoms with Crippen molar-refractivity contribution >= 4 is 15.9 Å². The highest BCUT2D eigenvalue weighted by molar-refractivity contribution is 9.10. The largest absolute Gasteiger partial charge is 0.495 e. The van der Waals surface area contributed by atoms with Crippen LogP contribution >= 0.6 is 15.9 Å². The van der Waals surface area contributed by atoms with Crippen LogP contribution in [0.2, 0.25) is 0 Å². The van der Waals surface area contributed by atoms with Crippen LogP contribution in [-0.4, -0.2) is 18.8 Å². The van der Waals surface area contributed by atoms with Crippen LogP contribution < -0.4 is 10.5 Å². The van der Waals surface area contributed by atoms with Gasteiger partial charge in [0.05, 0.1) is 24.2 Å². The molecule has 0 aromatic heterocycles. The number of rotatable bonds is 4. The van der Waals surface area contributed by atoms with E-state index in [1.165, 1.54) is 5.56 Å². The second-order valence-electron chi connectivity index (χ2n) is 3.34. The maximum absolute atomic E-state index is 9.07. The average molecular weight is 274 g/mol. The highest BCUT2D eigenvalue weighted by Gasteiger charge is 2.14. The van der Waals surface area contributed by atoms with Gasteiger partial charge in [0, 0.05) is 5.56 Å². The minimum atomic E-state index is -0.400. The minimum absolute atomic E-state index is 0.0873. The van der Waals surface area contributed by atoms with Crippen molar-refractivity contribution in [3.05, 3.63) is 27.7 Å². The molecule has 0 saturated heterocycles. The zero-order valence-electron chi connectivity index (χ0n) is 8.96. The van der Waals surface area contributed by atoms with Crippen LogP contribution in [0.1, 0.15) is 24.1 Å². The van der Waals surface area contributed by atoms with E-state index in [-0.39, 0.29) is 6.61 Å². The lowest BCUT2D eigenvalue weighted by Gasteiger charge is -2.16. The molecule has 0 aliphatic rings. The van der Waals surface area contributed by atoms with Crippen molar-refractivity contribution in [3.63, 3.8) is 0 Å². The van der Waals surface area contributed by atoms with Gasteiger partial charge in [0.2, 0.25) is 0 Å². The van der Waals surface area contributed by atoms with Gasteiger partial charge >= 0.3 is 0 Å². The Labute approximate surface area is 98.4 Å². The SMILES string of the molecule is CCc1cc(Br)c(OC)c(C(N)CO)c1. The summed E-state index contributed by atoms with van der Waals surface area (Å²) in [4.78, 5) is 0. The quantitative estimate of drug-likeness (QED) is 0.883. The van der Waals surface area contributed by atoms with Crippen LogP contribution in [-0.2, 0) is 6.42 Å². The van der Waals surface area contributed by atoms with Crippen LogP contribution in [0.15, 0.2) is 16.6 Å². The number of nitrogens with two attached hydrogens (primary N) is 1. The molecule has 0 aliphatic heterocycles. The second-order valence-corrected chi connectivity index (χ2v) is 4.20. The molecular formula is C11H16BrNO2. The fourth-order valence-corrected chi connectivity index (χ4v) is 2.15. The molecule has 3 nitrogen and oxygen atoms in total. The van der Waals surface area contributed by atoms with E-state index < -0.39 is 6.04 Å². The Hall–Kier alpha value is -0.580. The zero-order valence-corrected chi connectivity index (χ0v) is 10.5. The molecule has 1 aromatic carbocycles. The van der Waals surface area contributed by atoms with E-state index in [0.717, 1.165) is 16.5 Å². The third-order valence-corrected chi connectivity index (χ3v) is 2.93. The molecule has 1 unspecified atom stereocenters. The van der Waals surface area contributed by atoms with Crippen molar-refractivity contribution in [2.45, 2.75) is 19.4 Å². The molecular weight excluding hydrogens is 258 g/mol.